The number of carbonyl (C=O) groups is 1. The fraction of sp³-hybridized carbons (Fsp3) is 0.300. The molecule has 3 aromatic rings. The van der Waals surface area contributed by atoms with Crippen LogP contribution in [0.2, 0.25) is 0 Å². The highest BCUT2D eigenvalue weighted by atomic mass is 32.1. The number of methoxy groups -OCH3 is 1. The largest absolute Gasteiger partial charge is 0.495 e. The van der Waals surface area contributed by atoms with Gasteiger partial charge in [-0.15, -0.1) is 0 Å². The molecule has 2 heterocycles. The number of hydrogen-bond acceptors (Lipinski definition) is 5. The molecular formula is C20H20FN3O2S. The molecule has 1 saturated heterocycles. The molecule has 1 aromatic heterocycles. The van der Waals surface area contributed by atoms with Gasteiger partial charge in [0.25, 0.3) is 0 Å². The summed E-state index contributed by atoms with van der Waals surface area (Å²) in [6, 6.07) is 12.0. The minimum absolute atomic E-state index is 0.0173. The quantitative estimate of drug-likeness (QED) is 0.728. The second-order valence-corrected chi connectivity index (χ2v) is 7.59. The fourth-order valence-corrected chi connectivity index (χ4v) is 4.39. The van der Waals surface area contributed by atoms with Crippen LogP contribution in [-0.2, 0) is 4.79 Å². The van der Waals surface area contributed by atoms with Crippen molar-refractivity contribution in [3.05, 3.63) is 48.3 Å². The van der Waals surface area contributed by atoms with E-state index in [2.05, 4.69) is 15.2 Å². The molecular weight excluding hydrogens is 365 g/mol. The van der Waals surface area contributed by atoms with Crippen molar-refractivity contribution in [1.29, 1.82) is 0 Å². The molecule has 4 rings (SSSR count). The summed E-state index contributed by atoms with van der Waals surface area (Å²) < 4.78 is 19.6. The molecule has 0 bridgehead atoms. The Kier molecular flexibility index (Phi) is 4.94. The summed E-state index contributed by atoms with van der Waals surface area (Å²) >= 11 is 1.46. The maximum Gasteiger partial charge on any atom is 0.229 e. The van der Waals surface area contributed by atoms with E-state index in [4.69, 9.17) is 4.74 Å². The number of nitrogens with zero attached hydrogens (tertiary/aromatic N) is 2. The van der Waals surface area contributed by atoms with E-state index < -0.39 is 0 Å². The molecule has 0 radical (unpaired) electrons. The first-order valence-electron chi connectivity index (χ1n) is 8.89. The SMILES string of the molecule is COc1ccccc1NC(=O)C1CCCN(c2nc3ccc(F)cc3s2)C1. The van der Waals surface area contributed by atoms with Crippen molar-refractivity contribution in [2.24, 2.45) is 5.92 Å². The monoisotopic (exact) mass is 385 g/mol. The lowest BCUT2D eigenvalue weighted by Crippen LogP contribution is -2.40. The van der Waals surface area contributed by atoms with Crippen LogP contribution in [0.5, 0.6) is 5.75 Å². The van der Waals surface area contributed by atoms with Crippen LogP contribution in [0, 0.1) is 11.7 Å². The molecule has 1 aliphatic heterocycles. The Labute approximate surface area is 160 Å². The van der Waals surface area contributed by atoms with Gasteiger partial charge in [0.2, 0.25) is 5.91 Å². The molecule has 0 aliphatic carbocycles. The van der Waals surface area contributed by atoms with Crippen molar-refractivity contribution in [2.75, 3.05) is 30.4 Å². The van der Waals surface area contributed by atoms with Crippen molar-refractivity contribution in [3.63, 3.8) is 0 Å². The van der Waals surface area contributed by atoms with Gasteiger partial charge in [-0.2, -0.15) is 0 Å². The van der Waals surface area contributed by atoms with Gasteiger partial charge in [0, 0.05) is 13.1 Å². The molecule has 1 aliphatic rings. The fourth-order valence-electron chi connectivity index (χ4n) is 3.37. The normalized spacial score (nSPS) is 17.1. The van der Waals surface area contributed by atoms with Crippen LogP contribution in [0.4, 0.5) is 15.2 Å². The summed E-state index contributed by atoms with van der Waals surface area (Å²) in [5.41, 5.74) is 1.47. The number of ether oxygens (including phenoxy) is 1. The zero-order valence-corrected chi connectivity index (χ0v) is 15.8. The lowest BCUT2D eigenvalue weighted by molar-refractivity contribution is -0.120. The van der Waals surface area contributed by atoms with E-state index >= 15 is 0 Å². The van der Waals surface area contributed by atoms with E-state index in [1.54, 1.807) is 13.2 Å². The number of aromatic nitrogens is 1. The Balaban J connectivity index is 1.49. The molecule has 7 heteroatoms. The highest BCUT2D eigenvalue weighted by Gasteiger charge is 2.28. The van der Waals surface area contributed by atoms with Crippen LogP contribution < -0.4 is 15.0 Å². The van der Waals surface area contributed by atoms with E-state index in [0.29, 0.717) is 18.0 Å². The summed E-state index contributed by atoms with van der Waals surface area (Å²) in [5.74, 6) is 0.237. The maximum absolute atomic E-state index is 13.4. The van der Waals surface area contributed by atoms with Crippen LogP contribution in [0.3, 0.4) is 0 Å². The first kappa shape index (κ1) is 17.7. The lowest BCUT2D eigenvalue weighted by Gasteiger charge is -2.31. The van der Waals surface area contributed by atoms with Crippen LogP contribution in [0.25, 0.3) is 10.2 Å². The Morgan fingerprint density at radius 1 is 1.33 bits per heavy atom. The Hall–Kier alpha value is -2.67. The number of fused-ring (bicyclic) bond motifs is 1. The van der Waals surface area contributed by atoms with Gasteiger partial charge in [-0.1, -0.05) is 23.5 Å². The standard InChI is InChI=1S/C20H20FN3O2S/c1-26-17-7-3-2-6-15(17)22-19(25)13-5-4-10-24(12-13)20-23-16-9-8-14(21)11-18(16)27-20/h2-3,6-9,11,13H,4-5,10,12H2,1H3,(H,22,25). The zero-order valence-electron chi connectivity index (χ0n) is 14.9. The third-order valence-electron chi connectivity index (χ3n) is 4.77. The molecule has 27 heavy (non-hydrogen) atoms. The van der Waals surface area contributed by atoms with Crippen molar-refractivity contribution < 1.29 is 13.9 Å². The van der Waals surface area contributed by atoms with Crippen molar-refractivity contribution in [3.8, 4) is 5.75 Å². The van der Waals surface area contributed by atoms with Gasteiger partial charge in [0.15, 0.2) is 5.13 Å². The van der Waals surface area contributed by atoms with Crippen molar-refractivity contribution >= 4 is 38.3 Å². The van der Waals surface area contributed by atoms with Gasteiger partial charge < -0.3 is 15.0 Å². The lowest BCUT2D eigenvalue weighted by atomic mass is 9.97. The summed E-state index contributed by atoms with van der Waals surface area (Å²) in [4.78, 5) is 19.5. The molecule has 140 valence electrons. The average Bonchev–Trinajstić information content (AvgIpc) is 3.11. The van der Waals surface area contributed by atoms with Crippen LogP contribution >= 0.6 is 11.3 Å². The molecule has 1 amide bonds. The van der Waals surface area contributed by atoms with E-state index in [0.717, 1.165) is 34.7 Å². The van der Waals surface area contributed by atoms with Crippen LogP contribution in [0.1, 0.15) is 12.8 Å². The van der Waals surface area contributed by atoms with E-state index in [-0.39, 0.29) is 17.6 Å². The van der Waals surface area contributed by atoms with Gasteiger partial charge in [0.05, 0.1) is 28.9 Å². The Bertz CT molecular complexity index is 975. The minimum Gasteiger partial charge on any atom is -0.495 e. The number of carbonyl (C=O) groups excluding carboxylic acids is 1. The highest BCUT2D eigenvalue weighted by molar-refractivity contribution is 7.22. The number of halogens is 1. The van der Waals surface area contributed by atoms with Crippen LogP contribution in [-0.4, -0.2) is 31.1 Å². The third-order valence-corrected chi connectivity index (χ3v) is 5.85. The number of nitrogens with one attached hydrogen (secondary N) is 1. The first-order chi connectivity index (χ1) is 13.1. The minimum atomic E-state index is -0.259. The number of piperidine rings is 1. The highest BCUT2D eigenvalue weighted by Crippen LogP contribution is 2.32. The number of rotatable bonds is 4. The average molecular weight is 385 g/mol. The molecule has 1 atom stereocenters. The topological polar surface area (TPSA) is 54.5 Å². The van der Waals surface area contributed by atoms with E-state index in [1.165, 1.54) is 23.5 Å². The predicted octanol–water partition coefficient (Wildman–Crippen LogP) is 4.30. The van der Waals surface area contributed by atoms with Gasteiger partial charge in [-0.05, 0) is 43.2 Å². The third kappa shape index (κ3) is 3.73. The Morgan fingerprint density at radius 3 is 3.04 bits per heavy atom. The second kappa shape index (κ2) is 7.52. The molecule has 0 saturated carbocycles. The summed E-state index contributed by atoms with van der Waals surface area (Å²) in [6.45, 7) is 1.45. The maximum atomic E-state index is 13.4. The molecule has 1 fully saturated rings. The Morgan fingerprint density at radius 2 is 2.19 bits per heavy atom. The van der Waals surface area contributed by atoms with E-state index in [1.807, 2.05) is 24.3 Å². The van der Waals surface area contributed by atoms with E-state index in [9.17, 15) is 9.18 Å². The van der Waals surface area contributed by atoms with Gasteiger partial charge >= 0.3 is 0 Å². The molecule has 5 nitrogen and oxygen atoms in total. The van der Waals surface area contributed by atoms with Crippen LogP contribution in [0.15, 0.2) is 42.5 Å². The first-order valence-corrected chi connectivity index (χ1v) is 9.70. The molecule has 1 unspecified atom stereocenters. The number of hydrogen-bond donors (Lipinski definition) is 1. The summed E-state index contributed by atoms with van der Waals surface area (Å²) in [6.07, 6.45) is 1.74. The van der Waals surface area contributed by atoms with Crippen molar-refractivity contribution in [2.45, 2.75) is 12.8 Å². The number of para-hydroxylation sites is 2. The van der Waals surface area contributed by atoms with Gasteiger partial charge in [-0.3, -0.25) is 4.79 Å². The molecule has 1 N–H and O–H groups in total. The van der Waals surface area contributed by atoms with Gasteiger partial charge in [0.1, 0.15) is 11.6 Å². The number of benzene rings is 2. The second-order valence-electron chi connectivity index (χ2n) is 6.58. The number of amides is 1. The smallest absolute Gasteiger partial charge is 0.229 e. The van der Waals surface area contributed by atoms with Crippen molar-refractivity contribution in [1.82, 2.24) is 4.98 Å². The summed E-state index contributed by atoms with van der Waals surface area (Å²) in [5, 5.41) is 3.82. The number of thiazole rings is 1. The number of anilines is 2. The van der Waals surface area contributed by atoms with Gasteiger partial charge in [-0.25, -0.2) is 9.37 Å². The summed E-state index contributed by atoms with van der Waals surface area (Å²) in [7, 11) is 1.59. The zero-order chi connectivity index (χ0) is 18.8. The predicted molar refractivity (Wildman–Crippen MR) is 106 cm³/mol. The molecule has 2 aromatic carbocycles. The molecule has 0 spiro atoms.